The number of hydrogen-bond acceptors (Lipinski definition) is 3. The maximum atomic E-state index is 13.7. The number of halogens is 1. The van der Waals surface area contributed by atoms with E-state index in [-0.39, 0.29) is 17.8 Å². The van der Waals surface area contributed by atoms with E-state index < -0.39 is 5.41 Å². The van der Waals surface area contributed by atoms with Crippen LogP contribution in [0.4, 0.5) is 4.39 Å². The molecule has 0 radical (unpaired) electrons. The fourth-order valence-electron chi connectivity index (χ4n) is 4.23. The summed E-state index contributed by atoms with van der Waals surface area (Å²) in [5.41, 5.74) is 1.48. The Hall–Kier alpha value is -2.24. The number of nitrogens with one attached hydrogen (secondary N) is 1. The highest BCUT2D eigenvalue weighted by Gasteiger charge is 2.45. The van der Waals surface area contributed by atoms with Gasteiger partial charge in [-0.2, -0.15) is 0 Å². The second-order valence-electron chi connectivity index (χ2n) is 7.87. The molecule has 4 nitrogen and oxygen atoms in total. The average molecular weight is 382 g/mol. The Bertz CT molecular complexity index is 807. The van der Waals surface area contributed by atoms with Crippen molar-refractivity contribution in [3.8, 4) is 0 Å². The van der Waals surface area contributed by atoms with Gasteiger partial charge in [-0.1, -0.05) is 48.9 Å². The van der Waals surface area contributed by atoms with Crippen LogP contribution in [-0.4, -0.2) is 43.2 Å². The fraction of sp³-hybridized carbons (Fsp3) is 0.435. The molecule has 2 fully saturated rings. The third kappa shape index (κ3) is 4.10. The van der Waals surface area contributed by atoms with Crippen molar-refractivity contribution in [3.05, 3.63) is 71.5 Å². The molecule has 0 aromatic heterocycles. The number of amides is 1. The average Bonchev–Trinajstić information content (AvgIpc) is 2.67. The first-order chi connectivity index (χ1) is 13.7. The molecular weight excluding hydrogens is 355 g/mol. The Morgan fingerprint density at radius 1 is 1.18 bits per heavy atom. The molecule has 1 saturated carbocycles. The number of rotatable bonds is 6. The molecule has 1 heterocycles. The van der Waals surface area contributed by atoms with Crippen LogP contribution in [0.25, 0.3) is 0 Å². The van der Waals surface area contributed by atoms with Gasteiger partial charge in [0.1, 0.15) is 5.82 Å². The van der Waals surface area contributed by atoms with E-state index in [9.17, 15) is 9.18 Å². The molecule has 148 valence electrons. The van der Waals surface area contributed by atoms with Crippen LogP contribution in [0.3, 0.4) is 0 Å². The SMILES string of the molecule is O=C(NCC1CN(Cc2ccccc2)CCO1)C1(c2cccc(F)c2)CCC1. The quantitative estimate of drug-likeness (QED) is 0.834. The molecule has 0 spiro atoms. The van der Waals surface area contributed by atoms with E-state index in [2.05, 4.69) is 34.5 Å². The van der Waals surface area contributed by atoms with Crippen LogP contribution >= 0.6 is 0 Å². The van der Waals surface area contributed by atoms with E-state index in [1.807, 2.05) is 12.1 Å². The summed E-state index contributed by atoms with van der Waals surface area (Å²) < 4.78 is 19.5. The highest BCUT2D eigenvalue weighted by Crippen LogP contribution is 2.44. The van der Waals surface area contributed by atoms with Gasteiger partial charge in [-0.05, 0) is 36.1 Å². The third-order valence-corrected chi connectivity index (χ3v) is 5.98. The van der Waals surface area contributed by atoms with Gasteiger partial charge < -0.3 is 10.1 Å². The van der Waals surface area contributed by atoms with Gasteiger partial charge in [0.2, 0.25) is 5.91 Å². The largest absolute Gasteiger partial charge is 0.374 e. The van der Waals surface area contributed by atoms with Gasteiger partial charge in [0, 0.05) is 26.2 Å². The van der Waals surface area contributed by atoms with E-state index in [4.69, 9.17) is 4.74 Å². The molecule has 1 aliphatic carbocycles. The van der Waals surface area contributed by atoms with Gasteiger partial charge in [-0.3, -0.25) is 9.69 Å². The first kappa shape index (κ1) is 19.1. The summed E-state index contributed by atoms with van der Waals surface area (Å²) in [5, 5.41) is 3.08. The van der Waals surface area contributed by atoms with Crippen molar-refractivity contribution in [1.82, 2.24) is 10.2 Å². The predicted octanol–water partition coefficient (Wildman–Crippen LogP) is 3.26. The molecular formula is C23H27FN2O2. The Morgan fingerprint density at radius 2 is 2.00 bits per heavy atom. The Labute approximate surface area is 165 Å². The highest BCUT2D eigenvalue weighted by molar-refractivity contribution is 5.89. The zero-order valence-electron chi connectivity index (χ0n) is 16.1. The van der Waals surface area contributed by atoms with Crippen LogP contribution in [0, 0.1) is 5.82 Å². The predicted molar refractivity (Wildman–Crippen MR) is 106 cm³/mol. The molecule has 1 saturated heterocycles. The molecule has 5 heteroatoms. The maximum absolute atomic E-state index is 13.7. The summed E-state index contributed by atoms with van der Waals surface area (Å²) in [6.45, 7) is 3.74. The first-order valence-electron chi connectivity index (χ1n) is 10.1. The standard InChI is InChI=1S/C23H27FN2O2/c24-20-9-4-8-19(14-20)23(10-5-11-23)22(27)25-15-21-17-26(12-13-28-21)16-18-6-2-1-3-7-18/h1-4,6-9,14,21H,5,10-13,15-17H2,(H,25,27). The van der Waals surface area contributed by atoms with Crippen molar-refractivity contribution < 1.29 is 13.9 Å². The van der Waals surface area contributed by atoms with Crippen LogP contribution < -0.4 is 5.32 Å². The molecule has 4 rings (SSSR count). The smallest absolute Gasteiger partial charge is 0.230 e. The lowest BCUT2D eigenvalue weighted by atomic mass is 9.64. The zero-order valence-corrected chi connectivity index (χ0v) is 16.1. The number of benzene rings is 2. The summed E-state index contributed by atoms with van der Waals surface area (Å²) in [6.07, 6.45) is 2.52. The molecule has 1 N–H and O–H groups in total. The van der Waals surface area contributed by atoms with Crippen LogP contribution in [0.1, 0.15) is 30.4 Å². The second kappa shape index (κ2) is 8.41. The molecule has 1 unspecified atom stereocenters. The van der Waals surface area contributed by atoms with E-state index in [1.54, 1.807) is 6.07 Å². The van der Waals surface area contributed by atoms with Crippen LogP contribution in [0.2, 0.25) is 0 Å². The van der Waals surface area contributed by atoms with Crippen molar-refractivity contribution in [2.45, 2.75) is 37.3 Å². The van der Waals surface area contributed by atoms with Crippen molar-refractivity contribution >= 4 is 5.91 Å². The molecule has 2 aromatic carbocycles. The molecule has 1 atom stereocenters. The Morgan fingerprint density at radius 3 is 2.71 bits per heavy atom. The van der Waals surface area contributed by atoms with E-state index in [0.717, 1.165) is 44.5 Å². The fourth-order valence-corrected chi connectivity index (χ4v) is 4.23. The van der Waals surface area contributed by atoms with Gasteiger partial charge >= 0.3 is 0 Å². The van der Waals surface area contributed by atoms with Crippen LogP contribution in [0.15, 0.2) is 54.6 Å². The molecule has 1 aliphatic heterocycles. The number of hydrogen-bond donors (Lipinski definition) is 1. The number of nitrogens with zero attached hydrogens (tertiary/aromatic N) is 1. The first-order valence-corrected chi connectivity index (χ1v) is 10.1. The summed E-state index contributed by atoms with van der Waals surface area (Å²) in [6, 6.07) is 16.9. The molecule has 0 bridgehead atoms. The summed E-state index contributed by atoms with van der Waals surface area (Å²) in [7, 11) is 0. The van der Waals surface area contributed by atoms with Crippen molar-refractivity contribution in [3.63, 3.8) is 0 Å². The van der Waals surface area contributed by atoms with Crippen LogP contribution in [0.5, 0.6) is 0 Å². The summed E-state index contributed by atoms with van der Waals surface area (Å²) in [4.78, 5) is 15.3. The van der Waals surface area contributed by atoms with Gasteiger partial charge in [0.25, 0.3) is 0 Å². The normalized spacial score (nSPS) is 21.7. The summed E-state index contributed by atoms with van der Waals surface area (Å²) >= 11 is 0. The Kier molecular flexibility index (Phi) is 5.74. The minimum absolute atomic E-state index is 0.00636. The number of morpholine rings is 1. The molecule has 1 amide bonds. The molecule has 28 heavy (non-hydrogen) atoms. The third-order valence-electron chi connectivity index (χ3n) is 5.98. The van der Waals surface area contributed by atoms with Crippen molar-refractivity contribution in [1.29, 1.82) is 0 Å². The number of carbonyl (C=O) groups excluding carboxylic acids is 1. The minimum Gasteiger partial charge on any atom is -0.374 e. The zero-order chi connectivity index (χ0) is 19.4. The minimum atomic E-state index is -0.583. The monoisotopic (exact) mass is 382 g/mol. The lowest BCUT2D eigenvalue weighted by Gasteiger charge is -2.41. The number of carbonyl (C=O) groups is 1. The Balaban J connectivity index is 1.34. The summed E-state index contributed by atoms with van der Waals surface area (Å²) in [5.74, 6) is -0.295. The van der Waals surface area contributed by atoms with Gasteiger partial charge in [-0.15, -0.1) is 0 Å². The maximum Gasteiger partial charge on any atom is 0.230 e. The lowest BCUT2D eigenvalue weighted by Crippen LogP contribution is -2.53. The topological polar surface area (TPSA) is 41.6 Å². The van der Waals surface area contributed by atoms with Gasteiger partial charge in [0.15, 0.2) is 0 Å². The highest BCUT2D eigenvalue weighted by atomic mass is 19.1. The van der Waals surface area contributed by atoms with Crippen LogP contribution in [-0.2, 0) is 21.5 Å². The lowest BCUT2D eigenvalue weighted by molar-refractivity contribution is -0.131. The van der Waals surface area contributed by atoms with E-state index in [1.165, 1.54) is 17.7 Å². The number of ether oxygens (including phenoxy) is 1. The van der Waals surface area contributed by atoms with E-state index >= 15 is 0 Å². The van der Waals surface area contributed by atoms with E-state index in [0.29, 0.717) is 13.2 Å². The molecule has 2 aliphatic rings. The van der Waals surface area contributed by atoms with Gasteiger partial charge in [-0.25, -0.2) is 4.39 Å². The second-order valence-corrected chi connectivity index (χ2v) is 7.87. The van der Waals surface area contributed by atoms with Crippen molar-refractivity contribution in [2.24, 2.45) is 0 Å². The van der Waals surface area contributed by atoms with Gasteiger partial charge in [0.05, 0.1) is 18.1 Å². The van der Waals surface area contributed by atoms with Crippen molar-refractivity contribution in [2.75, 3.05) is 26.2 Å². The molecule has 2 aromatic rings.